The molecule has 0 aromatic heterocycles. The van der Waals surface area contributed by atoms with Crippen molar-refractivity contribution in [1.29, 1.82) is 0 Å². The Balaban J connectivity index is 1.78. The van der Waals surface area contributed by atoms with Gasteiger partial charge in [-0.05, 0) is 37.3 Å². The van der Waals surface area contributed by atoms with E-state index in [0.717, 1.165) is 25.0 Å². The molecule has 1 N–H and O–H groups in total. The lowest BCUT2D eigenvalue weighted by molar-refractivity contribution is -0.141. The number of rotatable bonds is 4. The number of carboxylic acids is 1. The van der Waals surface area contributed by atoms with Gasteiger partial charge in [-0.15, -0.1) is 0 Å². The maximum Gasteiger partial charge on any atom is 0.306 e. The highest BCUT2D eigenvalue weighted by molar-refractivity contribution is 5.70. The molecule has 0 aliphatic heterocycles. The summed E-state index contributed by atoms with van der Waals surface area (Å²) in [5.41, 5.74) is 0. The van der Waals surface area contributed by atoms with Gasteiger partial charge in [0.15, 0.2) is 0 Å². The van der Waals surface area contributed by atoms with E-state index in [4.69, 9.17) is 9.84 Å². The van der Waals surface area contributed by atoms with E-state index in [-0.39, 0.29) is 5.92 Å². The molecule has 2 atom stereocenters. The number of ether oxygens (including phenoxy) is 1. The van der Waals surface area contributed by atoms with Crippen LogP contribution in [0.15, 0.2) is 30.3 Å². The van der Waals surface area contributed by atoms with Crippen molar-refractivity contribution in [2.45, 2.75) is 19.3 Å². The summed E-state index contributed by atoms with van der Waals surface area (Å²) >= 11 is 0. The minimum atomic E-state index is -0.665. The van der Waals surface area contributed by atoms with E-state index in [1.807, 2.05) is 30.3 Å². The number of benzene rings is 1. The molecule has 0 bridgehead atoms. The van der Waals surface area contributed by atoms with Gasteiger partial charge in [-0.3, -0.25) is 4.79 Å². The van der Waals surface area contributed by atoms with E-state index in [1.54, 1.807) is 0 Å². The molecule has 1 aromatic rings. The number of hydrogen-bond acceptors (Lipinski definition) is 2. The van der Waals surface area contributed by atoms with Crippen LogP contribution in [0.1, 0.15) is 19.3 Å². The maximum absolute atomic E-state index is 10.8. The molecule has 3 heteroatoms. The van der Waals surface area contributed by atoms with E-state index >= 15 is 0 Å². The Hall–Kier alpha value is -1.51. The molecule has 1 saturated carbocycles. The van der Waals surface area contributed by atoms with Gasteiger partial charge >= 0.3 is 5.97 Å². The zero-order valence-electron chi connectivity index (χ0n) is 9.13. The molecule has 3 nitrogen and oxygen atoms in total. The minimum Gasteiger partial charge on any atom is -0.493 e. The summed E-state index contributed by atoms with van der Waals surface area (Å²) in [6, 6.07) is 9.66. The quantitative estimate of drug-likeness (QED) is 0.848. The van der Waals surface area contributed by atoms with Gasteiger partial charge in [0, 0.05) is 0 Å². The van der Waals surface area contributed by atoms with Crippen LogP contribution in [0.4, 0.5) is 0 Å². The summed E-state index contributed by atoms with van der Waals surface area (Å²) in [4.78, 5) is 10.8. The Bertz CT molecular complexity index is 347. The molecule has 2 unspecified atom stereocenters. The second-order valence-electron chi connectivity index (χ2n) is 4.34. The lowest BCUT2D eigenvalue weighted by Gasteiger charge is -2.11. The lowest BCUT2D eigenvalue weighted by atomic mass is 10.1. The standard InChI is InChI=1S/C13H16O3/c14-13(15)11-7-6-10(8-11)9-16-12-4-2-1-3-5-12/h1-5,10-11H,6-9H2,(H,14,15). The minimum absolute atomic E-state index is 0.163. The van der Waals surface area contributed by atoms with Crippen LogP contribution in [-0.4, -0.2) is 17.7 Å². The molecule has 0 heterocycles. The molecule has 0 spiro atoms. The first kappa shape index (κ1) is 11.0. The van der Waals surface area contributed by atoms with Crippen LogP contribution in [0, 0.1) is 11.8 Å². The fraction of sp³-hybridized carbons (Fsp3) is 0.462. The summed E-state index contributed by atoms with van der Waals surface area (Å²) < 4.78 is 5.63. The summed E-state index contributed by atoms with van der Waals surface area (Å²) in [7, 11) is 0. The number of hydrogen-bond donors (Lipinski definition) is 1. The van der Waals surface area contributed by atoms with Crippen LogP contribution < -0.4 is 4.74 Å². The van der Waals surface area contributed by atoms with Crippen molar-refractivity contribution in [3.05, 3.63) is 30.3 Å². The Morgan fingerprint density at radius 2 is 2.06 bits per heavy atom. The van der Waals surface area contributed by atoms with Gasteiger partial charge in [0.25, 0.3) is 0 Å². The monoisotopic (exact) mass is 220 g/mol. The Kier molecular flexibility index (Phi) is 3.44. The first-order valence-electron chi connectivity index (χ1n) is 5.66. The predicted octanol–water partition coefficient (Wildman–Crippen LogP) is 2.57. The third kappa shape index (κ3) is 2.75. The molecule has 0 amide bonds. The van der Waals surface area contributed by atoms with Gasteiger partial charge in [0.2, 0.25) is 0 Å². The fourth-order valence-electron chi connectivity index (χ4n) is 2.18. The van der Waals surface area contributed by atoms with E-state index in [0.29, 0.717) is 12.5 Å². The number of aliphatic carboxylic acids is 1. The predicted molar refractivity (Wildman–Crippen MR) is 60.4 cm³/mol. The van der Waals surface area contributed by atoms with Crippen molar-refractivity contribution >= 4 is 5.97 Å². The highest BCUT2D eigenvalue weighted by atomic mass is 16.5. The summed E-state index contributed by atoms with van der Waals surface area (Å²) in [5, 5.41) is 8.88. The average molecular weight is 220 g/mol. The van der Waals surface area contributed by atoms with Gasteiger partial charge in [-0.2, -0.15) is 0 Å². The fourth-order valence-corrected chi connectivity index (χ4v) is 2.18. The zero-order valence-corrected chi connectivity index (χ0v) is 9.13. The molecule has 86 valence electrons. The Morgan fingerprint density at radius 3 is 2.69 bits per heavy atom. The van der Waals surface area contributed by atoms with Crippen LogP contribution in [-0.2, 0) is 4.79 Å². The molecule has 0 radical (unpaired) electrons. The van der Waals surface area contributed by atoms with Crippen LogP contribution in [0.3, 0.4) is 0 Å². The van der Waals surface area contributed by atoms with Crippen molar-refractivity contribution in [1.82, 2.24) is 0 Å². The molecule has 0 saturated heterocycles. The van der Waals surface area contributed by atoms with Crippen molar-refractivity contribution in [3.8, 4) is 5.75 Å². The normalized spacial score (nSPS) is 24.2. The summed E-state index contributed by atoms with van der Waals surface area (Å²) in [6.45, 7) is 0.633. The molecular formula is C13H16O3. The van der Waals surface area contributed by atoms with Crippen LogP contribution in [0.25, 0.3) is 0 Å². The van der Waals surface area contributed by atoms with Crippen molar-refractivity contribution in [2.24, 2.45) is 11.8 Å². The zero-order chi connectivity index (χ0) is 11.4. The highest BCUT2D eigenvalue weighted by Crippen LogP contribution is 2.31. The van der Waals surface area contributed by atoms with Gasteiger partial charge in [0.1, 0.15) is 5.75 Å². The highest BCUT2D eigenvalue weighted by Gasteiger charge is 2.29. The number of para-hydroxylation sites is 1. The van der Waals surface area contributed by atoms with Crippen LogP contribution >= 0.6 is 0 Å². The second-order valence-corrected chi connectivity index (χ2v) is 4.34. The summed E-state index contributed by atoms with van der Waals surface area (Å²) in [6.07, 6.45) is 2.50. The van der Waals surface area contributed by atoms with E-state index in [9.17, 15) is 4.79 Å². The smallest absolute Gasteiger partial charge is 0.306 e. The van der Waals surface area contributed by atoms with Crippen molar-refractivity contribution in [3.63, 3.8) is 0 Å². The first-order valence-corrected chi connectivity index (χ1v) is 5.66. The number of carbonyl (C=O) groups is 1. The average Bonchev–Trinajstić information content (AvgIpc) is 2.76. The summed E-state index contributed by atoms with van der Waals surface area (Å²) in [5.74, 6) is 0.425. The van der Waals surface area contributed by atoms with Crippen molar-refractivity contribution < 1.29 is 14.6 Å². The molecular weight excluding hydrogens is 204 g/mol. The van der Waals surface area contributed by atoms with Gasteiger partial charge in [-0.25, -0.2) is 0 Å². The third-order valence-corrected chi connectivity index (χ3v) is 3.12. The maximum atomic E-state index is 10.8. The second kappa shape index (κ2) is 5.01. The molecule has 16 heavy (non-hydrogen) atoms. The van der Waals surface area contributed by atoms with Gasteiger partial charge in [-0.1, -0.05) is 18.2 Å². The molecule has 1 fully saturated rings. The van der Waals surface area contributed by atoms with Gasteiger partial charge in [0.05, 0.1) is 12.5 Å². The third-order valence-electron chi connectivity index (χ3n) is 3.12. The van der Waals surface area contributed by atoms with Crippen LogP contribution in [0.2, 0.25) is 0 Å². The molecule has 1 aromatic carbocycles. The molecule has 1 aliphatic carbocycles. The van der Waals surface area contributed by atoms with E-state index in [2.05, 4.69) is 0 Å². The lowest BCUT2D eigenvalue weighted by Crippen LogP contribution is -2.12. The topological polar surface area (TPSA) is 46.5 Å². The van der Waals surface area contributed by atoms with Crippen LogP contribution in [0.5, 0.6) is 5.75 Å². The van der Waals surface area contributed by atoms with E-state index in [1.165, 1.54) is 0 Å². The number of carboxylic acid groups (broad SMARTS) is 1. The Morgan fingerprint density at radius 1 is 1.31 bits per heavy atom. The van der Waals surface area contributed by atoms with Gasteiger partial charge < -0.3 is 9.84 Å². The SMILES string of the molecule is O=C(O)C1CCC(COc2ccccc2)C1. The first-order chi connectivity index (χ1) is 7.75. The molecule has 1 aliphatic rings. The van der Waals surface area contributed by atoms with E-state index < -0.39 is 5.97 Å². The van der Waals surface area contributed by atoms with Crippen molar-refractivity contribution in [2.75, 3.05) is 6.61 Å². The largest absolute Gasteiger partial charge is 0.493 e. The Labute approximate surface area is 95.0 Å². The molecule has 2 rings (SSSR count).